The van der Waals surface area contributed by atoms with Gasteiger partial charge >= 0.3 is 0 Å². The molecule has 0 amide bonds. The SMILES string of the molecule is O=S(=O)(Nc1cccc(C2SCCS2)c1)c1ccc2c(c1)CCCC2. The van der Waals surface area contributed by atoms with Crippen molar-refractivity contribution in [2.45, 2.75) is 35.2 Å². The molecule has 0 unspecified atom stereocenters. The topological polar surface area (TPSA) is 46.2 Å². The van der Waals surface area contributed by atoms with Crippen molar-refractivity contribution in [1.82, 2.24) is 0 Å². The highest BCUT2D eigenvalue weighted by Gasteiger charge is 2.21. The van der Waals surface area contributed by atoms with Gasteiger partial charge in [-0.05, 0) is 66.6 Å². The number of sulfonamides is 1. The molecule has 0 aromatic heterocycles. The van der Waals surface area contributed by atoms with Crippen LogP contribution in [-0.4, -0.2) is 19.9 Å². The zero-order valence-corrected chi connectivity index (χ0v) is 16.4. The number of fused-ring (bicyclic) bond motifs is 1. The number of nitrogens with one attached hydrogen (secondary N) is 1. The molecule has 0 atom stereocenters. The maximum Gasteiger partial charge on any atom is 0.261 e. The van der Waals surface area contributed by atoms with Crippen LogP contribution < -0.4 is 4.72 Å². The van der Waals surface area contributed by atoms with E-state index in [1.165, 1.54) is 23.1 Å². The van der Waals surface area contributed by atoms with Crippen LogP contribution in [0.15, 0.2) is 47.4 Å². The van der Waals surface area contributed by atoms with Crippen molar-refractivity contribution < 1.29 is 8.42 Å². The molecule has 3 nitrogen and oxygen atoms in total. The van der Waals surface area contributed by atoms with E-state index in [9.17, 15) is 8.42 Å². The van der Waals surface area contributed by atoms with Gasteiger partial charge in [0.15, 0.2) is 0 Å². The summed E-state index contributed by atoms with van der Waals surface area (Å²) in [6, 6.07) is 13.4. The fraction of sp³-hybridized carbons (Fsp3) is 0.368. The summed E-state index contributed by atoms with van der Waals surface area (Å²) >= 11 is 3.84. The number of rotatable bonds is 4. The Bertz CT molecular complexity index is 874. The third kappa shape index (κ3) is 3.86. The predicted octanol–water partition coefficient (Wildman–Crippen LogP) is 4.84. The number of thioether (sulfide) groups is 2. The molecule has 132 valence electrons. The van der Waals surface area contributed by atoms with Crippen LogP contribution in [0.4, 0.5) is 5.69 Å². The van der Waals surface area contributed by atoms with Gasteiger partial charge in [-0.2, -0.15) is 0 Å². The molecule has 1 aliphatic heterocycles. The van der Waals surface area contributed by atoms with Gasteiger partial charge in [-0.25, -0.2) is 8.42 Å². The molecule has 0 radical (unpaired) electrons. The summed E-state index contributed by atoms with van der Waals surface area (Å²) in [5, 5.41) is 0. The van der Waals surface area contributed by atoms with E-state index in [1.54, 1.807) is 6.07 Å². The fourth-order valence-corrected chi connectivity index (χ4v) is 7.33. The largest absolute Gasteiger partial charge is 0.280 e. The smallest absolute Gasteiger partial charge is 0.261 e. The lowest BCUT2D eigenvalue weighted by atomic mass is 9.92. The third-order valence-corrected chi connectivity index (χ3v) is 9.15. The van der Waals surface area contributed by atoms with E-state index in [0.29, 0.717) is 15.2 Å². The molecule has 0 spiro atoms. The molecule has 0 saturated carbocycles. The van der Waals surface area contributed by atoms with Crippen molar-refractivity contribution in [2.24, 2.45) is 0 Å². The van der Waals surface area contributed by atoms with E-state index >= 15 is 0 Å². The lowest BCUT2D eigenvalue weighted by Gasteiger charge is -2.17. The van der Waals surface area contributed by atoms with Crippen LogP contribution in [0.25, 0.3) is 0 Å². The zero-order valence-electron chi connectivity index (χ0n) is 13.9. The van der Waals surface area contributed by atoms with Gasteiger partial charge in [0.25, 0.3) is 10.0 Å². The van der Waals surface area contributed by atoms with Gasteiger partial charge in [0.05, 0.1) is 9.48 Å². The molecule has 2 aliphatic rings. The number of aryl methyl sites for hydroxylation is 2. The molecule has 0 bridgehead atoms. The second-order valence-corrected chi connectivity index (χ2v) is 10.8. The Hall–Kier alpha value is -1.11. The van der Waals surface area contributed by atoms with Crippen LogP contribution in [0.5, 0.6) is 0 Å². The predicted molar refractivity (Wildman–Crippen MR) is 108 cm³/mol. The minimum absolute atomic E-state index is 0.364. The molecule has 4 rings (SSSR count). The first-order valence-electron chi connectivity index (χ1n) is 8.60. The average molecular weight is 392 g/mol. The van der Waals surface area contributed by atoms with Gasteiger partial charge in [0.2, 0.25) is 0 Å². The Morgan fingerprint density at radius 3 is 2.48 bits per heavy atom. The summed E-state index contributed by atoms with van der Waals surface area (Å²) in [4.78, 5) is 0.364. The number of benzene rings is 2. The Labute approximate surface area is 158 Å². The molecule has 1 saturated heterocycles. The van der Waals surface area contributed by atoms with Crippen LogP contribution in [-0.2, 0) is 22.9 Å². The van der Waals surface area contributed by atoms with Crippen molar-refractivity contribution in [2.75, 3.05) is 16.2 Å². The molecular weight excluding hydrogens is 370 g/mol. The third-order valence-electron chi connectivity index (χ3n) is 4.66. The average Bonchev–Trinajstić information content (AvgIpc) is 3.16. The van der Waals surface area contributed by atoms with Crippen molar-refractivity contribution >= 4 is 39.2 Å². The first-order chi connectivity index (χ1) is 12.1. The van der Waals surface area contributed by atoms with E-state index in [1.807, 2.05) is 53.9 Å². The van der Waals surface area contributed by atoms with E-state index in [2.05, 4.69) is 10.8 Å². The molecule has 6 heteroatoms. The summed E-state index contributed by atoms with van der Waals surface area (Å²) in [6.07, 6.45) is 4.37. The summed E-state index contributed by atoms with van der Waals surface area (Å²) in [5.41, 5.74) is 4.30. The highest BCUT2D eigenvalue weighted by Crippen LogP contribution is 2.45. The normalized spacial score (nSPS) is 18.1. The maximum atomic E-state index is 12.8. The standard InChI is InChI=1S/C19H21NO2S3/c21-25(22,18-9-8-14-4-1-2-5-15(14)13-18)20-17-7-3-6-16(12-17)19-23-10-11-24-19/h3,6-9,12-13,19-20H,1-2,4-5,10-11H2. The van der Waals surface area contributed by atoms with E-state index in [0.717, 1.165) is 30.8 Å². The maximum absolute atomic E-state index is 12.8. The quantitative estimate of drug-likeness (QED) is 0.810. The zero-order chi connectivity index (χ0) is 17.3. The van der Waals surface area contributed by atoms with Crippen molar-refractivity contribution in [3.63, 3.8) is 0 Å². The second-order valence-electron chi connectivity index (χ2n) is 6.44. The number of anilines is 1. The Balaban J connectivity index is 1.58. The van der Waals surface area contributed by atoms with Gasteiger partial charge in [0, 0.05) is 17.2 Å². The van der Waals surface area contributed by atoms with E-state index in [-0.39, 0.29) is 0 Å². The molecule has 25 heavy (non-hydrogen) atoms. The van der Waals surface area contributed by atoms with Crippen LogP contribution in [0.2, 0.25) is 0 Å². The van der Waals surface area contributed by atoms with Crippen molar-refractivity contribution in [3.05, 3.63) is 59.2 Å². The molecule has 2 aromatic rings. The summed E-state index contributed by atoms with van der Waals surface area (Å²) < 4.78 is 28.8. The minimum Gasteiger partial charge on any atom is -0.280 e. The van der Waals surface area contributed by atoms with Crippen molar-refractivity contribution in [3.8, 4) is 0 Å². The van der Waals surface area contributed by atoms with Crippen LogP contribution >= 0.6 is 23.5 Å². The van der Waals surface area contributed by atoms with Crippen molar-refractivity contribution in [1.29, 1.82) is 0 Å². The van der Waals surface area contributed by atoms with Crippen LogP contribution in [0.1, 0.15) is 34.1 Å². The van der Waals surface area contributed by atoms with E-state index < -0.39 is 10.0 Å². The molecule has 1 fully saturated rings. The van der Waals surface area contributed by atoms with Gasteiger partial charge < -0.3 is 0 Å². The van der Waals surface area contributed by atoms with E-state index in [4.69, 9.17) is 0 Å². The summed E-state index contributed by atoms with van der Waals surface area (Å²) in [7, 11) is -3.55. The monoisotopic (exact) mass is 391 g/mol. The lowest BCUT2D eigenvalue weighted by Crippen LogP contribution is -2.14. The van der Waals surface area contributed by atoms with Crippen LogP contribution in [0.3, 0.4) is 0 Å². The van der Waals surface area contributed by atoms with Crippen LogP contribution in [0, 0.1) is 0 Å². The summed E-state index contributed by atoms with van der Waals surface area (Å²) in [6.45, 7) is 0. The first-order valence-corrected chi connectivity index (χ1v) is 12.2. The molecule has 1 N–H and O–H groups in total. The van der Waals surface area contributed by atoms with Gasteiger partial charge in [-0.15, -0.1) is 23.5 Å². The number of hydrogen-bond donors (Lipinski definition) is 1. The lowest BCUT2D eigenvalue weighted by molar-refractivity contribution is 0.600. The van der Waals surface area contributed by atoms with Gasteiger partial charge in [-0.3, -0.25) is 4.72 Å². The van der Waals surface area contributed by atoms with Gasteiger partial charge in [-0.1, -0.05) is 18.2 Å². The molecule has 1 aliphatic carbocycles. The highest BCUT2D eigenvalue weighted by atomic mass is 32.2. The highest BCUT2D eigenvalue weighted by molar-refractivity contribution is 8.19. The number of hydrogen-bond acceptors (Lipinski definition) is 4. The van der Waals surface area contributed by atoms with Gasteiger partial charge in [0.1, 0.15) is 0 Å². The summed E-state index contributed by atoms with van der Waals surface area (Å²) in [5.74, 6) is 2.31. The fourth-order valence-electron chi connectivity index (χ4n) is 3.39. The Kier molecular flexibility index (Phi) is 5.02. The molecule has 2 aromatic carbocycles. The Morgan fingerprint density at radius 2 is 1.68 bits per heavy atom. The first kappa shape index (κ1) is 17.3. The molecule has 1 heterocycles. The molecular formula is C19H21NO2S3. The minimum atomic E-state index is -3.55. The second kappa shape index (κ2) is 7.25. The Morgan fingerprint density at radius 1 is 0.920 bits per heavy atom.